The van der Waals surface area contributed by atoms with Crippen LogP contribution in [-0.4, -0.2) is 33.2 Å². The number of alkyl halides is 1. The SMILES string of the molecule is O=C(O)C1=C(F)C(F)=CC(O)(F)C1O. The first-order chi connectivity index (χ1) is 6.27. The van der Waals surface area contributed by atoms with Gasteiger partial charge in [0.25, 0.3) is 5.85 Å². The number of hydrogen-bond donors (Lipinski definition) is 3. The van der Waals surface area contributed by atoms with Crippen molar-refractivity contribution in [3.8, 4) is 0 Å². The second-order valence-electron chi connectivity index (χ2n) is 2.66. The molecule has 1 aliphatic rings. The van der Waals surface area contributed by atoms with Gasteiger partial charge in [0.15, 0.2) is 17.8 Å². The maximum Gasteiger partial charge on any atom is 0.337 e. The molecule has 7 heteroatoms. The van der Waals surface area contributed by atoms with Crippen molar-refractivity contribution in [1.82, 2.24) is 0 Å². The largest absolute Gasteiger partial charge is 0.478 e. The Labute approximate surface area is 75.6 Å². The molecule has 0 spiro atoms. The second kappa shape index (κ2) is 3.10. The molecule has 0 heterocycles. The van der Waals surface area contributed by atoms with E-state index in [9.17, 15) is 18.0 Å². The topological polar surface area (TPSA) is 77.8 Å². The monoisotopic (exact) mass is 210 g/mol. The molecule has 0 radical (unpaired) electrons. The molecule has 78 valence electrons. The molecule has 0 aromatic rings. The minimum Gasteiger partial charge on any atom is -0.478 e. The lowest BCUT2D eigenvalue weighted by molar-refractivity contribution is -0.145. The van der Waals surface area contributed by atoms with Crippen LogP contribution in [0.2, 0.25) is 0 Å². The van der Waals surface area contributed by atoms with E-state index in [1.807, 2.05) is 0 Å². The highest BCUT2D eigenvalue weighted by molar-refractivity contribution is 5.90. The summed E-state index contributed by atoms with van der Waals surface area (Å²) in [6, 6.07) is 0. The summed E-state index contributed by atoms with van der Waals surface area (Å²) >= 11 is 0. The fraction of sp³-hybridized carbons (Fsp3) is 0.286. The molecular weight excluding hydrogens is 205 g/mol. The van der Waals surface area contributed by atoms with Gasteiger partial charge in [0.2, 0.25) is 0 Å². The fourth-order valence-corrected chi connectivity index (χ4v) is 0.982. The lowest BCUT2D eigenvalue weighted by Gasteiger charge is -2.25. The molecule has 0 saturated carbocycles. The smallest absolute Gasteiger partial charge is 0.337 e. The van der Waals surface area contributed by atoms with Gasteiger partial charge in [-0.3, -0.25) is 0 Å². The molecule has 2 atom stereocenters. The lowest BCUT2D eigenvalue weighted by Crippen LogP contribution is -2.42. The second-order valence-corrected chi connectivity index (χ2v) is 2.66. The van der Waals surface area contributed by atoms with Crippen molar-refractivity contribution in [2.45, 2.75) is 12.0 Å². The standard InChI is InChI=1S/C7H5F3O4/c8-2-1-7(10,14)5(11)3(4(2)9)6(12)13/h1,5,11,14H,(H,12,13). The normalized spacial score (nSPS) is 32.9. The quantitative estimate of drug-likeness (QED) is 0.577. The van der Waals surface area contributed by atoms with Crippen LogP contribution in [0.1, 0.15) is 0 Å². The molecule has 0 amide bonds. The van der Waals surface area contributed by atoms with Gasteiger partial charge >= 0.3 is 5.97 Å². The van der Waals surface area contributed by atoms with Crippen LogP contribution in [-0.2, 0) is 4.79 Å². The van der Waals surface area contributed by atoms with E-state index >= 15 is 0 Å². The van der Waals surface area contributed by atoms with Crippen molar-refractivity contribution in [3.63, 3.8) is 0 Å². The van der Waals surface area contributed by atoms with E-state index in [0.29, 0.717) is 0 Å². The van der Waals surface area contributed by atoms with Gasteiger partial charge in [0.1, 0.15) is 5.57 Å². The first kappa shape index (κ1) is 10.7. The van der Waals surface area contributed by atoms with Crippen LogP contribution in [0.3, 0.4) is 0 Å². The van der Waals surface area contributed by atoms with Gasteiger partial charge in [-0.05, 0) is 0 Å². The van der Waals surface area contributed by atoms with Gasteiger partial charge in [-0.15, -0.1) is 0 Å². The number of halogens is 3. The number of hydrogen-bond acceptors (Lipinski definition) is 3. The highest BCUT2D eigenvalue weighted by Crippen LogP contribution is 2.34. The molecule has 0 bridgehead atoms. The average Bonchev–Trinajstić information content (AvgIpc) is 2.00. The van der Waals surface area contributed by atoms with Crippen molar-refractivity contribution in [1.29, 1.82) is 0 Å². The summed E-state index contributed by atoms with van der Waals surface area (Å²) in [5, 5.41) is 25.8. The first-order valence-corrected chi connectivity index (χ1v) is 3.38. The highest BCUT2D eigenvalue weighted by atomic mass is 19.2. The molecule has 3 N–H and O–H groups in total. The number of carboxylic acids is 1. The molecule has 0 aromatic carbocycles. The number of rotatable bonds is 1. The van der Waals surface area contributed by atoms with E-state index in [1.165, 1.54) is 0 Å². The molecule has 0 aromatic heterocycles. The Kier molecular flexibility index (Phi) is 2.38. The highest BCUT2D eigenvalue weighted by Gasteiger charge is 2.45. The molecule has 14 heavy (non-hydrogen) atoms. The summed E-state index contributed by atoms with van der Waals surface area (Å²) in [7, 11) is 0. The Morgan fingerprint density at radius 1 is 1.50 bits per heavy atom. The molecule has 1 rings (SSSR count). The van der Waals surface area contributed by atoms with E-state index in [2.05, 4.69) is 0 Å². The van der Waals surface area contributed by atoms with Gasteiger partial charge in [0, 0.05) is 6.08 Å². The molecule has 1 aliphatic carbocycles. The lowest BCUT2D eigenvalue weighted by atomic mass is 9.96. The van der Waals surface area contributed by atoms with Crippen LogP contribution in [0, 0.1) is 0 Å². The Balaban J connectivity index is 3.30. The third kappa shape index (κ3) is 1.51. The van der Waals surface area contributed by atoms with Gasteiger partial charge in [-0.1, -0.05) is 0 Å². The summed E-state index contributed by atoms with van der Waals surface area (Å²) in [4.78, 5) is 10.3. The molecule has 0 fully saturated rings. The van der Waals surface area contributed by atoms with E-state index in [0.717, 1.165) is 0 Å². The van der Waals surface area contributed by atoms with Gasteiger partial charge in [0.05, 0.1) is 0 Å². The third-order valence-corrected chi connectivity index (χ3v) is 1.66. The summed E-state index contributed by atoms with van der Waals surface area (Å²) in [5.41, 5.74) is -1.55. The van der Waals surface area contributed by atoms with Crippen molar-refractivity contribution < 1.29 is 33.3 Å². The van der Waals surface area contributed by atoms with Crippen LogP contribution >= 0.6 is 0 Å². The number of carboxylic acid groups (broad SMARTS) is 1. The zero-order valence-electron chi connectivity index (χ0n) is 6.54. The summed E-state index contributed by atoms with van der Waals surface area (Å²) < 4.78 is 38.0. The van der Waals surface area contributed by atoms with Crippen molar-refractivity contribution in [2.24, 2.45) is 0 Å². The van der Waals surface area contributed by atoms with E-state index in [4.69, 9.17) is 15.3 Å². The number of carbonyl (C=O) groups is 1. The number of allylic oxidation sites excluding steroid dienone is 2. The van der Waals surface area contributed by atoms with Crippen LogP contribution < -0.4 is 0 Å². The van der Waals surface area contributed by atoms with Gasteiger partial charge < -0.3 is 15.3 Å². The molecule has 0 aliphatic heterocycles. The Morgan fingerprint density at radius 2 is 2.00 bits per heavy atom. The Bertz CT molecular complexity index is 345. The predicted molar refractivity (Wildman–Crippen MR) is 37.0 cm³/mol. The van der Waals surface area contributed by atoms with Crippen LogP contribution in [0.4, 0.5) is 13.2 Å². The Hall–Kier alpha value is -1.34. The number of aliphatic carboxylic acids is 1. The predicted octanol–water partition coefficient (Wildman–Crippen LogP) is 0.181. The van der Waals surface area contributed by atoms with Gasteiger partial charge in [-0.25, -0.2) is 18.0 Å². The number of aliphatic hydroxyl groups is 2. The molecule has 2 unspecified atom stereocenters. The van der Waals surface area contributed by atoms with Crippen molar-refractivity contribution >= 4 is 5.97 Å². The van der Waals surface area contributed by atoms with Crippen molar-refractivity contribution in [3.05, 3.63) is 23.3 Å². The zero-order valence-corrected chi connectivity index (χ0v) is 6.54. The van der Waals surface area contributed by atoms with Crippen LogP contribution in [0.15, 0.2) is 23.3 Å². The molecule has 4 nitrogen and oxygen atoms in total. The van der Waals surface area contributed by atoms with Gasteiger partial charge in [-0.2, -0.15) is 0 Å². The Morgan fingerprint density at radius 3 is 2.43 bits per heavy atom. The van der Waals surface area contributed by atoms with Crippen LogP contribution in [0.5, 0.6) is 0 Å². The van der Waals surface area contributed by atoms with E-state index < -0.39 is 35.2 Å². The van der Waals surface area contributed by atoms with Crippen molar-refractivity contribution in [2.75, 3.05) is 0 Å². The minimum absolute atomic E-state index is 0.237. The summed E-state index contributed by atoms with van der Waals surface area (Å²) in [6.45, 7) is 0. The van der Waals surface area contributed by atoms with Crippen LogP contribution in [0.25, 0.3) is 0 Å². The molecular formula is C7H5F3O4. The van der Waals surface area contributed by atoms with E-state index in [-0.39, 0.29) is 6.08 Å². The first-order valence-electron chi connectivity index (χ1n) is 3.38. The average molecular weight is 210 g/mol. The number of aliphatic hydroxyl groups excluding tert-OH is 1. The maximum absolute atomic E-state index is 12.8. The molecule has 0 saturated heterocycles. The summed E-state index contributed by atoms with van der Waals surface area (Å²) in [5.74, 6) is -9.42. The summed E-state index contributed by atoms with van der Waals surface area (Å²) in [6.07, 6.45) is -2.89. The fourth-order valence-electron chi connectivity index (χ4n) is 0.982. The zero-order chi connectivity index (χ0) is 11.1. The minimum atomic E-state index is -3.62. The third-order valence-electron chi connectivity index (χ3n) is 1.66. The maximum atomic E-state index is 12.8. The van der Waals surface area contributed by atoms with E-state index in [1.54, 1.807) is 0 Å².